The van der Waals surface area contributed by atoms with Gasteiger partial charge in [-0.3, -0.25) is 9.69 Å². The number of amides is 1. The topological polar surface area (TPSA) is 50.6 Å². The molecule has 0 N–H and O–H groups in total. The highest BCUT2D eigenvalue weighted by atomic mass is 19.1. The van der Waals surface area contributed by atoms with E-state index in [9.17, 15) is 9.18 Å². The van der Waals surface area contributed by atoms with Gasteiger partial charge in [0.1, 0.15) is 5.82 Å². The van der Waals surface area contributed by atoms with E-state index in [0.717, 1.165) is 70.0 Å². The molecule has 2 aromatic rings. The first-order valence-electron chi connectivity index (χ1n) is 10.0. The van der Waals surface area contributed by atoms with E-state index in [-0.39, 0.29) is 17.8 Å². The minimum absolute atomic E-state index is 0.0452. The summed E-state index contributed by atoms with van der Waals surface area (Å²) in [6, 6.07) is 6.38. The molecule has 2 fully saturated rings. The highest BCUT2D eigenvalue weighted by Gasteiger charge is 2.31. The number of nitrogens with zero attached hydrogens (tertiary/aromatic N) is 4. The van der Waals surface area contributed by atoms with Gasteiger partial charge in [0.2, 0.25) is 0 Å². The highest BCUT2D eigenvalue weighted by Crippen LogP contribution is 2.23. The van der Waals surface area contributed by atoms with E-state index in [1.165, 1.54) is 12.1 Å². The predicted molar refractivity (Wildman–Crippen MR) is 104 cm³/mol. The summed E-state index contributed by atoms with van der Waals surface area (Å²) in [5.41, 5.74) is 2.16. The number of piperidine rings is 1. The van der Waals surface area contributed by atoms with Crippen molar-refractivity contribution in [1.82, 2.24) is 19.6 Å². The number of aromatic nitrogens is 2. The summed E-state index contributed by atoms with van der Waals surface area (Å²) in [4.78, 5) is 17.8. The Bertz CT molecular complexity index is 814. The molecule has 7 heteroatoms. The Morgan fingerprint density at radius 1 is 1.18 bits per heavy atom. The fraction of sp³-hybridized carbons (Fsp3) is 0.524. The van der Waals surface area contributed by atoms with E-state index >= 15 is 0 Å². The average molecular weight is 386 g/mol. The largest absolute Gasteiger partial charge is 0.379 e. The summed E-state index contributed by atoms with van der Waals surface area (Å²) in [5, 5.41) is 4.39. The Hall–Kier alpha value is -2.25. The molecule has 0 saturated carbocycles. The zero-order valence-electron chi connectivity index (χ0n) is 16.3. The van der Waals surface area contributed by atoms with Crippen molar-refractivity contribution in [3.8, 4) is 5.69 Å². The third kappa shape index (κ3) is 3.95. The molecule has 0 bridgehead atoms. The monoisotopic (exact) mass is 386 g/mol. The SMILES string of the molecule is Cc1c(C(=O)N2CCCCC2CN2CCOCC2)cnn1-c1ccc(F)cc1. The fourth-order valence-electron chi connectivity index (χ4n) is 4.16. The van der Waals surface area contributed by atoms with Gasteiger partial charge in [0.15, 0.2) is 0 Å². The highest BCUT2D eigenvalue weighted by molar-refractivity contribution is 5.95. The number of carbonyl (C=O) groups excluding carboxylic acids is 1. The molecule has 2 aliphatic heterocycles. The van der Waals surface area contributed by atoms with Gasteiger partial charge in [-0.15, -0.1) is 0 Å². The van der Waals surface area contributed by atoms with E-state index in [1.54, 1.807) is 23.0 Å². The molecule has 0 aliphatic carbocycles. The number of hydrogen-bond acceptors (Lipinski definition) is 4. The zero-order chi connectivity index (χ0) is 19.5. The molecule has 3 heterocycles. The van der Waals surface area contributed by atoms with Gasteiger partial charge in [-0.1, -0.05) is 0 Å². The molecule has 0 spiro atoms. The number of carbonyl (C=O) groups is 1. The molecule has 0 radical (unpaired) electrons. The fourth-order valence-corrected chi connectivity index (χ4v) is 4.16. The summed E-state index contributed by atoms with van der Waals surface area (Å²) in [5.74, 6) is -0.243. The van der Waals surface area contributed by atoms with E-state index in [1.807, 2.05) is 11.8 Å². The van der Waals surface area contributed by atoms with Gasteiger partial charge in [0, 0.05) is 32.2 Å². The maximum Gasteiger partial charge on any atom is 0.257 e. The summed E-state index contributed by atoms with van der Waals surface area (Å²) in [7, 11) is 0. The molecule has 2 saturated heterocycles. The minimum Gasteiger partial charge on any atom is -0.379 e. The Morgan fingerprint density at radius 3 is 2.68 bits per heavy atom. The summed E-state index contributed by atoms with van der Waals surface area (Å²) in [6.07, 6.45) is 4.87. The van der Waals surface area contributed by atoms with Crippen LogP contribution >= 0.6 is 0 Å². The van der Waals surface area contributed by atoms with Crippen molar-refractivity contribution in [2.45, 2.75) is 32.2 Å². The van der Waals surface area contributed by atoms with Crippen LogP contribution in [0.25, 0.3) is 5.69 Å². The third-order valence-electron chi connectivity index (χ3n) is 5.77. The van der Waals surface area contributed by atoms with Gasteiger partial charge in [-0.2, -0.15) is 5.10 Å². The first kappa shape index (κ1) is 19.1. The van der Waals surface area contributed by atoms with Gasteiger partial charge < -0.3 is 9.64 Å². The van der Waals surface area contributed by atoms with Crippen molar-refractivity contribution in [1.29, 1.82) is 0 Å². The number of benzene rings is 1. The van der Waals surface area contributed by atoms with Crippen LogP contribution < -0.4 is 0 Å². The minimum atomic E-state index is -0.288. The molecule has 2 aliphatic rings. The second kappa shape index (κ2) is 8.41. The number of ether oxygens (including phenoxy) is 1. The Labute approximate surface area is 164 Å². The van der Waals surface area contributed by atoms with Crippen molar-refractivity contribution in [2.75, 3.05) is 39.4 Å². The molecule has 150 valence electrons. The second-order valence-electron chi connectivity index (χ2n) is 7.59. The Balaban J connectivity index is 1.52. The number of morpholine rings is 1. The number of rotatable bonds is 4. The maximum absolute atomic E-state index is 13.3. The molecular weight excluding hydrogens is 359 g/mol. The van der Waals surface area contributed by atoms with Crippen LogP contribution in [0.5, 0.6) is 0 Å². The van der Waals surface area contributed by atoms with Crippen LogP contribution in [0.4, 0.5) is 4.39 Å². The van der Waals surface area contributed by atoms with Crippen molar-refractivity contribution in [3.63, 3.8) is 0 Å². The van der Waals surface area contributed by atoms with Gasteiger partial charge in [0.25, 0.3) is 5.91 Å². The van der Waals surface area contributed by atoms with Crippen molar-refractivity contribution >= 4 is 5.91 Å². The van der Waals surface area contributed by atoms with Crippen LogP contribution in [0.3, 0.4) is 0 Å². The first-order valence-corrected chi connectivity index (χ1v) is 10.0. The first-order chi connectivity index (χ1) is 13.6. The standard InChI is InChI=1S/C21H27FN4O2/c1-16-20(14-23-26(16)18-7-5-17(22)6-8-18)21(27)25-9-3-2-4-19(25)15-24-10-12-28-13-11-24/h5-8,14,19H,2-4,9-13,15H2,1H3. The smallest absolute Gasteiger partial charge is 0.257 e. The Kier molecular flexibility index (Phi) is 5.73. The lowest BCUT2D eigenvalue weighted by atomic mass is 10.00. The molecule has 1 aromatic carbocycles. The van der Waals surface area contributed by atoms with Crippen LogP contribution in [0.2, 0.25) is 0 Å². The average Bonchev–Trinajstić information content (AvgIpc) is 3.11. The quantitative estimate of drug-likeness (QED) is 0.811. The Morgan fingerprint density at radius 2 is 1.93 bits per heavy atom. The lowest BCUT2D eigenvalue weighted by molar-refractivity contribution is 0.0166. The van der Waals surface area contributed by atoms with Gasteiger partial charge in [-0.05, 0) is 50.5 Å². The van der Waals surface area contributed by atoms with E-state index in [2.05, 4.69) is 10.00 Å². The molecular formula is C21H27FN4O2. The second-order valence-corrected chi connectivity index (χ2v) is 7.59. The molecule has 28 heavy (non-hydrogen) atoms. The molecule has 1 unspecified atom stereocenters. The number of likely N-dealkylation sites (tertiary alicyclic amines) is 1. The van der Waals surface area contributed by atoms with Crippen LogP contribution in [0.1, 0.15) is 35.3 Å². The lowest BCUT2D eigenvalue weighted by Crippen LogP contribution is -2.51. The lowest BCUT2D eigenvalue weighted by Gasteiger charge is -2.39. The van der Waals surface area contributed by atoms with Gasteiger partial charge in [-0.25, -0.2) is 9.07 Å². The molecule has 4 rings (SSSR count). The van der Waals surface area contributed by atoms with Crippen LogP contribution in [0.15, 0.2) is 30.5 Å². The van der Waals surface area contributed by atoms with E-state index < -0.39 is 0 Å². The van der Waals surface area contributed by atoms with Crippen molar-refractivity contribution < 1.29 is 13.9 Å². The molecule has 1 amide bonds. The summed E-state index contributed by atoms with van der Waals surface area (Å²) in [6.45, 7) is 6.98. The van der Waals surface area contributed by atoms with E-state index in [0.29, 0.717) is 5.56 Å². The normalized spacial score (nSPS) is 21.1. The van der Waals surface area contributed by atoms with Crippen LogP contribution in [-0.2, 0) is 4.74 Å². The van der Waals surface area contributed by atoms with Crippen LogP contribution in [-0.4, -0.2) is 70.9 Å². The van der Waals surface area contributed by atoms with Crippen LogP contribution in [0, 0.1) is 12.7 Å². The third-order valence-corrected chi connectivity index (χ3v) is 5.77. The van der Waals surface area contributed by atoms with Crippen molar-refractivity contribution in [3.05, 3.63) is 47.5 Å². The number of hydrogen-bond donors (Lipinski definition) is 0. The summed E-state index contributed by atoms with van der Waals surface area (Å²) < 4.78 is 20.4. The predicted octanol–water partition coefficient (Wildman–Crippen LogP) is 2.65. The molecule has 1 atom stereocenters. The van der Waals surface area contributed by atoms with Crippen molar-refractivity contribution in [2.24, 2.45) is 0 Å². The van der Waals surface area contributed by atoms with Gasteiger partial charge in [0.05, 0.1) is 36.4 Å². The molecule has 1 aromatic heterocycles. The zero-order valence-corrected chi connectivity index (χ0v) is 16.3. The molecule has 6 nitrogen and oxygen atoms in total. The van der Waals surface area contributed by atoms with Gasteiger partial charge >= 0.3 is 0 Å². The maximum atomic E-state index is 13.3. The summed E-state index contributed by atoms with van der Waals surface area (Å²) >= 11 is 0. The number of halogens is 1. The van der Waals surface area contributed by atoms with E-state index in [4.69, 9.17) is 4.74 Å².